The lowest BCUT2D eigenvalue weighted by Gasteiger charge is -2.13. The molecule has 0 radical (unpaired) electrons. The third-order valence-electron chi connectivity index (χ3n) is 1.94. The standard InChI is InChI=1S/C10H15ClN2O2S2/c1-3-16-7-8(2)13-17(14,15)9-4-5-10(11)12-6-9/h4-6,8,13H,3,7H2,1-2H3. The van der Waals surface area contributed by atoms with Crippen molar-refractivity contribution in [2.45, 2.75) is 24.8 Å². The van der Waals surface area contributed by atoms with E-state index >= 15 is 0 Å². The molecule has 1 N–H and O–H groups in total. The number of halogens is 1. The Morgan fingerprint density at radius 1 is 1.53 bits per heavy atom. The van der Waals surface area contributed by atoms with E-state index in [0.717, 1.165) is 11.5 Å². The molecule has 0 fully saturated rings. The monoisotopic (exact) mass is 294 g/mol. The molecule has 1 heterocycles. The van der Waals surface area contributed by atoms with E-state index in [4.69, 9.17) is 11.6 Å². The molecule has 0 aliphatic rings. The molecule has 96 valence electrons. The maximum absolute atomic E-state index is 11.9. The van der Waals surface area contributed by atoms with E-state index in [2.05, 4.69) is 9.71 Å². The molecule has 0 aliphatic carbocycles. The van der Waals surface area contributed by atoms with Gasteiger partial charge in [0.05, 0.1) is 0 Å². The molecule has 7 heteroatoms. The molecule has 1 aromatic heterocycles. The van der Waals surface area contributed by atoms with Crippen LogP contribution in [0.4, 0.5) is 0 Å². The average Bonchev–Trinajstić information content (AvgIpc) is 2.26. The van der Waals surface area contributed by atoms with Gasteiger partial charge in [0.2, 0.25) is 10.0 Å². The summed E-state index contributed by atoms with van der Waals surface area (Å²) in [5.41, 5.74) is 0. The summed E-state index contributed by atoms with van der Waals surface area (Å²) in [6.07, 6.45) is 1.25. The molecule has 1 atom stereocenters. The molecule has 1 unspecified atom stereocenters. The van der Waals surface area contributed by atoms with Gasteiger partial charge in [-0.25, -0.2) is 18.1 Å². The molecule has 1 rings (SSSR count). The summed E-state index contributed by atoms with van der Waals surface area (Å²) in [5, 5.41) is 0.276. The van der Waals surface area contributed by atoms with Crippen molar-refractivity contribution in [3.63, 3.8) is 0 Å². The summed E-state index contributed by atoms with van der Waals surface area (Å²) in [6, 6.07) is 2.79. The molecular formula is C10H15ClN2O2S2. The highest BCUT2D eigenvalue weighted by Gasteiger charge is 2.17. The minimum absolute atomic E-state index is 0.111. The van der Waals surface area contributed by atoms with Crippen LogP contribution in [-0.4, -0.2) is 30.9 Å². The molecule has 1 aromatic rings. The van der Waals surface area contributed by atoms with Crippen LogP contribution in [-0.2, 0) is 10.0 Å². The molecule has 0 spiro atoms. The average molecular weight is 295 g/mol. The van der Waals surface area contributed by atoms with Crippen LogP contribution in [0.3, 0.4) is 0 Å². The Bertz CT molecular complexity index is 448. The van der Waals surface area contributed by atoms with Gasteiger partial charge in [-0.2, -0.15) is 11.8 Å². The van der Waals surface area contributed by atoms with Crippen molar-refractivity contribution in [1.29, 1.82) is 0 Å². The van der Waals surface area contributed by atoms with Crippen LogP contribution in [0.2, 0.25) is 5.15 Å². The summed E-state index contributed by atoms with van der Waals surface area (Å²) in [7, 11) is -3.49. The van der Waals surface area contributed by atoms with Crippen LogP contribution in [0, 0.1) is 0 Å². The topological polar surface area (TPSA) is 59.1 Å². The molecule has 17 heavy (non-hydrogen) atoms. The lowest BCUT2D eigenvalue weighted by atomic mass is 10.4. The van der Waals surface area contributed by atoms with Crippen molar-refractivity contribution in [3.8, 4) is 0 Å². The van der Waals surface area contributed by atoms with Gasteiger partial charge in [-0.1, -0.05) is 18.5 Å². The minimum atomic E-state index is -3.49. The van der Waals surface area contributed by atoms with Gasteiger partial charge in [0.1, 0.15) is 10.0 Å². The van der Waals surface area contributed by atoms with Gasteiger partial charge in [-0.3, -0.25) is 0 Å². The number of sulfonamides is 1. The maximum atomic E-state index is 11.9. The highest BCUT2D eigenvalue weighted by Crippen LogP contribution is 2.12. The SMILES string of the molecule is CCSCC(C)NS(=O)(=O)c1ccc(Cl)nc1. The van der Waals surface area contributed by atoms with Crippen molar-refractivity contribution >= 4 is 33.4 Å². The van der Waals surface area contributed by atoms with Crippen molar-refractivity contribution < 1.29 is 8.42 Å². The van der Waals surface area contributed by atoms with E-state index in [-0.39, 0.29) is 16.1 Å². The van der Waals surface area contributed by atoms with Gasteiger partial charge in [-0.05, 0) is 24.8 Å². The Balaban J connectivity index is 2.71. The first-order chi connectivity index (χ1) is 7.95. The molecule has 0 amide bonds. The van der Waals surface area contributed by atoms with Crippen molar-refractivity contribution in [2.24, 2.45) is 0 Å². The first kappa shape index (κ1) is 14.8. The van der Waals surface area contributed by atoms with Crippen molar-refractivity contribution in [3.05, 3.63) is 23.5 Å². The fourth-order valence-electron chi connectivity index (χ4n) is 1.18. The van der Waals surface area contributed by atoms with E-state index in [0.29, 0.717) is 0 Å². The van der Waals surface area contributed by atoms with Gasteiger partial charge in [-0.15, -0.1) is 0 Å². The number of nitrogens with one attached hydrogen (secondary N) is 1. The first-order valence-corrected chi connectivity index (χ1v) is 8.19. The maximum Gasteiger partial charge on any atom is 0.242 e. The van der Waals surface area contributed by atoms with E-state index in [9.17, 15) is 8.42 Å². The van der Waals surface area contributed by atoms with Gasteiger partial charge in [0.15, 0.2) is 0 Å². The molecule has 0 aliphatic heterocycles. The summed E-state index contributed by atoms with van der Waals surface area (Å²) in [4.78, 5) is 3.89. The molecule has 0 saturated carbocycles. The molecule has 0 bridgehead atoms. The highest BCUT2D eigenvalue weighted by molar-refractivity contribution is 7.99. The van der Waals surface area contributed by atoms with Crippen LogP contribution in [0.1, 0.15) is 13.8 Å². The fraction of sp³-hybridized carbons (Fsp3) is 0.500. The number of hydrogen-bond acceptors (Lipinski definition) is 4. The zero-order valence-electron chi connectivity index (χ0n) is 9.68. The van der Waals surface area contributed by atoms with E-state index in [1.807, 2.05) is 13.8 Å². The number of thioether (sulfide) groups is 1. The third kappa shape index (κ3) is 4.83. The molecular weight excluding hydrogens is 280 g/mol. The predicted octanol–water partition coefficient (Wildman–Crippen LogP) is 2.15. The fourth-order valence-corrected chi connectivity index (χ4v) is 3.26. The van der Waals surface area contributed by atoms with Crippen LogP contribution in [0.5, 0.6) is 0 Å². The Kier molecular flexibility index (Phi) is 5.72. The number of nitrogens with zero attached hydrogens (tertiary/aromatic N) is 1. The third-order valence-corrected chi connectivity index (χ3v) is 4.88. The summed E-state index contributed by atoms with van der Waals surface area (Å²) in [5.74, 6) is 1.71. The molecule has 0 saturated heterocycles. The Morgan fingerprint density at radius 2 is 2.24 bits per heavy atom. The lowest BCUT2D eigenvalue weighted by Crippen LogP contribution is -2.34. The number of hydrogen-bond donors (Lipinski definition) is 1. The summed E-state index contributed by atoms with van der Waals surface area (Å²) in [6.45, 7) is 3.87. The zero-order valence-corrected chi connectivity index (χ0v) is 12.1. The van der Waals surface area contributed by atoms with Gasteiger partial charge in [0, 0.05) is 18.0 Å². The number of rotatable bonds is 6. The van der Waals surface area contributed by atoms with E-state index < -0.39 is 10.0 Å². The Morgan fingerprint density at radius 3 is 2.76 bits per heavy atom. The van der Waals surface area contributed by atoms with Crippen LogP contribution < -0.4 is 4.72 Å². The van der Waals surface area contributed by atoms with Gasteiger partial charge in [0.25, 0.3) is 0 Å². The van der Waals surface area contributed by atoms with Crippen molar-refractivity contribution in [2.75, 3.05) is 11.5 Å². The van der Waals surface area contributed by atoms with Crippen LogP contribution >= 0.6 is 23.4 Å². The van der Waals surface area contributed by atoms with Crippen LogP contribution in [0.15, 0.2) is 23.2 Å². The number of pyridine rings is 1. The largest absolute Gasteiger partial charge is 0.243 e. The van der Waals surface area contributed by atoms with Gasteiger partial charge < -0.3 is 0 Å². The molecule has 0 aromatic carbocycles. The predicted molar refractivity (Wildman–Crippen MR) is 72.0 cm³/mol. The first-order valence-electron chi connectivity index (χ1n) is 5.17. The molecule has 4 nitrogen and oxygen atoms in total. The zero-order chi connectivity index (χ0) is 12.9. The van der Waals surface area contributed by atoms with Crippen molar-refractivity contribution in [1.82, 2.24) is 9.71 Å². The lowest BCUT2D eigenvalue weighted by molar-refractivity contribution is 0.570. The quantitative estimate of drug-likeness (QED) is 0.817. The second-order valence-corrected chi connectivity index (χ2v) is 6.92. The Hall–Kier alpha value is -0.300. The van der Waals surface area contributed by atoms with Gasteiger partial charge >= 0.3 is 0 Å². The normalized spacial score (nSPS) is 13.6. The second kappa shape index (κ2) is 6.58. The summed E-state index contributed by atoms with van der Waals surface area (Å²) < 4.78 is 26.4. The minimum Gasteiger partial charge on any atom is -0.243 e. The smallest absolute Gasteiger partial charge is 0.242 e. The second-order valence-electron chi connectivity index (χ2n) is 3.50. The van der Waals surface area contributed by atoms with E-state index in [1.165, 1.54) is 18.3 Å². The van der Waals surface area contributed by atoms with E-state index in [1.54, 1.807) is 11.8 Å². The highest BCUT2D eigenvalue weighted by atomic mass is 35.5. The Labute approximate surface area is 111 Å². The number of aromatic nitrogens is 1. The summed E-state index contributed by atoms with van der Waals surface area (Å²) >= 11 is 7.30. The van der Waals surface area contributed by atoms with Crippen LogP contribution in [0.25, 0.3) is 0 Å².